The summed E-state index contributed by atoms with van der Waals surface area (Å²) in [5.74, 6) is 0.629. The van der Waals surface area contributed by atoms with Gasteiger partial charge >= 0.3 is 5.91 Å². The number of fused-ring (bicyclic) bond motifs is 1. The molecule has 1 aromatic heterocycles. The second kappa shape index (κ2) is 9.68. The van der Waals surface area contributed by atoms with Gasteiger partial charge in [-0.2, -0.15) is 0 Å². The van der Waals surface area contributed by atoms with Gasteiger partial charge in [0.15, 0.2) is 6.04 Å². The van der Waals surface area contributed by atoms with Gasteiger partial charge in [-0.05, 0) is 17.7 Å². The number of piperidine rings is 1. The molecular weight excluding hydrogens is 426 g/mol. The van der Waals surface area contributed by atoms with E-state index in [0.717, 1.165) is 62.3 Å². The minimum Gasteiger partial charge on any atom is -0.364 e. The maximum Gasteiger partial charge on any atom is 0.315 e. The lowest BCUT2D eigenvalue weighted by Gasteiger charge is -2.46. The van der Waals surface area contributed by atoms with Crippen molar-refractivity contribution in [1.29, 1.82) is 0 Å². The highest BCUT2D eigenvalue weighted by molar-refractivity contribution is 5.82. The number of nitrogens with one attached hydrogen (secondary N) is 1. The number of nitrogens with zero attached hydrogens (tertiary/aromatic N) is 3. The van der Waals surface area contributed by atoms with Gasteiger partial charge in [-0.25, -0.2) is 14.3 Å². The molecule has 3 N–H and O–H groups in total. The van der Waals surface area contributed by atoms with Crippen LogP contribution in [-0.4, -0.2) is 62.9 Å². The van der Waals surface area contributed by atoms with Gasteiger partial charge in [0.25, 0.3) is 5.91 Å². The zero-order valence-corrected chi connectivity index (χ0v) is 19.7. The number of hydrogen-bond acceptors (Lipinski definition) is 4. The van der Waals surface area contributed by atoms with Gasteiger partial charge in [0.2, 0.25) is 0 Å². The molecule has 7 heteroatoms. The molecule has 0 spiro atoms. The lowest BCUT2D eigenvalue weighted by atomic mass is 9.96. The molecule has 2 aliphatic rings. The number of benzene rings is 2. The van der Waals surface area contributed by atoms with Crippen LogP contribution in [0, 0.1) is 0 Å². The highest BCUT2D eigenvalue weighted by atomic mass is 16.2. The first-order valence-corrected chi connectivity index (χ1v) is 12.5. The maximum absolute atomic E-state index is 13.9. The average molecular weight is 461 g/mol. The third-order valence-corrected chi connectivity index (χ3v) is 7.83. The van der Waals surface area contributed by atoms with E-state index in [-0.39, 0.29) is 22.3 Å². The van der Waals surface area contributed by atoms with Crippen molar-refractivity contribution in [1.82, 2.24) is 14.9 Å². The van der Waals surface area contributed by atoms with Gasteiger partial charge in [-0.1, -0.05) is 42.5 Å². The van der Waals surface area contributed by atoms with E-state index in [1.54, 1.807) is 0 Å². The Morgan fingerprint density at radius 3 is 2.50 bits per heavy atom. The Morgan fingerprint density at radius 2 is 1.76 bits per heavy atom. The molecule has 34 heavy (non-hydrogen) atoms. The van der Waals surface area contributed by atoms with E-state index in [1.807, 2.05) is 30.3 Å². The Balaban J connectivity index is 1.30. The van der Waals surface area contributed by atoms with E-state index in [0.29, 0.717) is 19.3 Å². The SMILES string of the molecule is NC(=O)[C@@H]1CCC[N+]1(C(=O)CCc1nc2ccccc2[nH]1)C1CCN(Cc2ccccc2)CC1. The van der Waals surface area contributed by atoms with E-state index in [4.69, 9.17) is 5.73 Å². The number of likely N-dealkylation sites (tertiary alicyclic amines) is 2. The Labute approximate surface area is 200 Å². The molecule has 7 nitrogen and oxygen atoms in total. The maximum atomic E-state index is 13.9. The van der Waals surface area contributed by atoms with Crippen LogP contribution < -0.4 is 5.73 Å². The molecule has 3 heterocycles. The van der Waals surface area contributed by atoms with Crippen LogP contribution in [0.1, 0.15) is 43.5 Å². The van der Waals surface area contributed by atoms with Crippen molar-refractivity contribution >= 4 is 22.8 Å². The standard InChI is InChI=1S/C27H33N5O2/c28-27(34)24-11-6-18-32(24,21-14-16-31(17-15-21)19-20-7-2-1-3-8-20)26(33)13-12-25-29-22-9-4-5-10-23(22)30-25/h1-5,7-10,21,24H,6,11-19H2,(H2-,28,29,30,34)/p+1/t24-,32?/m0/s1. The number of carbonyl (C=O) groups is 2. The molecular formula is C27H34N5O2+. The van der Waals surface area contributed by atoms with E-state index < -0.39 is 6.04 Å². The smallest absolute Gasteiger partial charge is 0.315 e. The molecule has 178 valence electrons. The minimum absolute atomic E-state index is 0.142. The van der Waals surface area contributed by atoms with Crippen molar-refractivity contribution in [2.75, 3.05) is 19.6 Å². The lowest BCUT2D eigenvalue weighted by Crippen LogP contribution is -2.67. The van der Waals surface area contributed by atoms with Crippen LogP contribution in [0.4, 0.5) is 0 Å². The number of nitrogens with two attached hydrogens (primary N) is 1. The third-order valence-electron chi connectivity index (χ3n) is 7.83. The first-order chi connectivity index (χ1) is 16.6. The zero-order valence-electron chi connectivity index (χ0n) is 19.7. The molecule has 0 radical (unpaired) electrons. The first kappa shape index (κ1) is 22.7. The molecule has 0 bridgehead atoms. The van der Waals surface area contributed by atoms with Crippen molar-refractivity contribution in [2.24, 2.45) is 5.73 Å². The van der Waals surface area contributed by atoms with Gasteiger partial charge in [0.05, 0.1) is 30.0 Å². The number of imidazole rings is 1. The summed E-state index contributed by atoms with van der Waals surface area (Å²) in [6.07, 6.45) is 4.31. The number of aromatic amines is 1. The number of primary amides is 1. The second-order valence-electron chi connectivity index (χ2n) is 9.80. The highest BCUT2D eigenvalue weighted by Gasteiger charge is 2.55. The van der Waals surface area contributed by atoms with Crippen LogP contribution in [0.15, 0.2) is 54.6 Å². The zero-order chi connectivity index (χ0) is 23.5. The molecule has 5 rings (SSSR count). The number of quaternary nitrogens is 1. The summed E-state index contributed by atoms with van der Waals surface area (Å²) in [6.45, 7) is 3.51. The monoisotopic (exact) mass is 460 g/mol. The summed E-state index contributed by atoms with van der Waals surface area (Å²) >= 11 is 0. The second-order valence-corrected chi connectivity index (χ2v) is 9.80. The summed E-state index contributed by atoms with van der Waals surface area (Å²) in [6, 6.07) is 18.1. The van der Waals surface area contributed by atoms with Gasteiger partial charge in [-0.3, -0.25) is 9.69 Å². The van der Waals surface area contributed by atoms with Crippen LogP contribution >= 0.6 is 0 Å². The van der Waals surface area contributed by atoms with Crippen molar-refractivity contribution in [3.8, 4) is 0 Å². The molecule has 2 fully saturated rings. The molecule has 0 aliphatic carbocycles. The topological polar surface area (TPSA) is 92.1 Å². The van der Waals surface area contributed by atoms with Crippen LogP contribution in [0.5, 0.6) is 0 Å². The lowest BCUT2D eigenvalue weighted by molar-refractivity contribution is -0.884. The fourth-order valence-electron chi connectivity index (χ4n) is 6.18. The average Bonchev–Trinajstić information content (AvgIpc) is 3.49. The van der Waals surface area contributed by atoms with Crippen LogP contribution in [0.25, 0.3) is 11.0 Å². The Morgan fingerprint density at radius 1 is 1.03 bits per heavy atom. The van der Waals surface area contributed by atoms with E-state index in [9.17, 15) is 9.59 Å². The normalized spacial score (nSPS) is 23.9. The van der Waals surface area contributed by atoms with Gasteiger partial charge < -0.3 is 10.7 Å². The molecule has 2 atom stereocenters. The Hall–Kier alpha value is -3.03. The van der Waals surface area contributed by atoms with E-state index in [2.05, 4.69) is 39.1 Å². The van der Waals surface area contributed by atoms with Gasteiger partial charge in [-0.15, -0.1) is 0 Å². The number of carbonyl (C=O) groups excluding carboxylic acids is 2. The first-order valence-electron chi connectivity index (χ1n) is 12.5. The summed E-state index contributed by atoms with van der Waals surface area (Å²) in [5.41, 5.74) is 9.07. The van der Waals surface area contributed by atoms with Crippen LogP contribution in [0.3, 0.4) is 0 Å². The molecule has 2 saturated heterocycles. The van der Waals surface area contributed by atoms with Crippen molar-refractivity contribution in [2.45, 2.75) is 57.2 Å². The predicted octanol–water partition coefficient (Wildman–Crippen LogP) is 3.15. The Kier molecular flexibility index (Phi) is 6.48. The number of H-pyrrole nitrogens is 1. The largest absolute Gasteiger partial charge is 0.364 e. The van der Waals surface area contributed by atoms with Gasteiger partial charge in [0.1, 0.15) is 5.82 Å². The molecule has 2 aliphatic heterocycles. The number of rotatable bonds is 7. The number of aromatic nitrogens is 2. The molecule has 1 unspecified atom stereocenters. The fraction of sp³-hybridized carbons (Fsp3) is 0.444. The number of para-hydroxylation sites is 2. The van der Waals surface area contributed by atoms with Crippen molar-refractivity contribution < 1.29 is 14.1 Å². The van der Waals surface area contributed by atoms with Crippen LogP contribution in [-0.2, 0) is 22.6 Å². The number of amides is 2. The third kappa shape index (κ3) is 4.38. The summed E-state index contributed by atoms with van der Waals surface area (Å²) in [4.78, 5) is 36.8. The van der Waals surface area contributed by atoms with Crippen molar-refractivity contribution in [3.63, 3.8) is 0 Å². The highest BCUT2D eigenvalue weighted by Crippen LogP contribution is 2.37. The van der Waals surface area contributed by atoms with Gasteiger partial charge in [0, 0.05) is 51.7 Å². The van der Waals surface area contributed by atoms with Crippen LogP contribution in [0.2, 0.25) is 0 Å². The summed E-state index contributed by atoms with van der Waals surface area (Å²) in [5, 5.41) is 0. The predicted molar refractivity (Wildman–Crippen MR) is 132 cm³/mol. The Bertz CT molecular complexity index is 1120. The summed E-state index contributed by atoms with van der Waals surface area (Å²) in [7, 11) is 0. The van der Waals surface area contributed by atoms with E-state index >= 15 is 0 Å². The molecule has 2 aromatic carbocycles. The quantitative estimate of drug-likeness (QED) is 0.530. The van der Waals surface area contributed by atoms with Crippen molar-refractivity contribution in [3.05, 3.63) is 66.0 Å². The summed E-state index contributed by atoms with van der Waals surface area (Å²) < 4.78 is 0.245. The number of hydrogen-bond donors (Lipinski definition) is 2. The number of aryl methyl sites for hydroxylation is 1. The van der Waals surface area contributed by atoms with E-state index in [1.165, 1.54) is 5.56 Å². The fourth-order valence-corrected chi connectivity index (χ4v) is 6.18. The minimum atomic E-state index is -0.408. The molecule has 2 amide bonds. The molecule has 0 saturated carbocycles. The molecule has 3 aromatic rings.